The summed E-state index contributed by atoms with van der Waals surface area (Å²) in [5, 5.41) is 26.8. The molecule has 0 heterocycles. The third-order valence-corrected chi connectivity index (χ3v) is 3.94. The number of carbonyl (C=O) groups excluding carboxylic acids is 5. The van der Waals surface area contributed by atoms with Crippen molar-refractivity contribution >= 4 is 35.5 Å². The van der Waals surface area contributed by atoms with Crippen molar-refractivity contribution in [2.24, 2.45) is 11.5 Å². The lowest BCUT2D eigenvalue weighted by Crippen LogP contribution is -2.56. The summed E-state index contributed by atoms with van der Waals surface area (Å²) in [5.74, 6) is -5.51. The van der Waals surface area contributed by atoms with E-state index in [0.29, 0.717) is 25.8 Å². The van der Waals surface area contributed by atoms with E-state index < -0.39 is 73.2 Å². The number of hydrogen-bond acceptors (Lipinski definition) is 8. The molecule has 5 amide bonds. The number of rotatable bonds is 15. The molecule has 0 bridgehead atoms. The Labute approximate surface area is 178 Å². The number of carboxylic acids is 1. The van der Waals surface area contributed by atoms with E-state index in [4.69, 9.17) is 21.7 Å². The van der Waals surface area contributed by atoms with Crippen LogP contribution < -0.4 is 32.7 Å². The van der Waals surface area contributed by atoms with Crippen LogP contribution in [0.25, 0.3) is 0 Å². The van der Waals surface area contributed by atoms with Crippen molar-refractivity contribution in [1.29, 1.82) is 0 Å². The van der Waals surface area contributed by atoms with E-state index in [1.54, 1.807) is 0 Å². The van der Waals surface area contributed by atoms with Crippen LogP contribution in [0.15, 0.2) is 0 Å². The van der Waals surface area contributed by atoms with Crippen molar-refractivity contribution in [2.45, 2.75) is 50.7 Å². The summed E-state index contributed by atoms with van der Waals surface area (Å²) >= 11 is 0. The SMILES string of the molecule is CC(=O)N[C@@H](CCCCN)C(=O)NCC(=O)N[C@@H](CC(=O)O)C(=O)N[C@@H](CO)C(N)=O. The number of amides is 5. The predicted molar refractivity (Wildman–Crippen MR) is 106 cm³/mol. The molecule has 0 aromatic heterocycles. The molecule has 0 aliphatic heterocycles. The number of aliphatic hydroxyl groups excluding tert-OH is 1. The number of primary amides is 1. The highest BCUT2D eigenvalue weighted by atomic mass is 16.4. The molecule has 0 unspecified atom stereocenters. The maximum atomic E-state index is 12.2. The van der Waals surface area contributed by atoms with Gasteiger partial charge in [0.15, 0.2) is 0 Å². The van der Waals surface area contributed by atoms with E-state index in [-0.39, 0.29) is 0 Å². The van der Waals surface area contributed by atoms with Crippen molar-refractivity contribution in [1.82, 2.24) is 21.3 Å². The van der Waals surface area contributed by atoms with Crippen molar-refractivity contribution in [3.05, 3.63) is 0 Å². The highest BCUT2D eigenvalue weighted by Gasteiger charge is 2.28. The topological polar surface area (TPSA) is 243 Å². The normalized spacial score (nSPS) is 13.3. The van der Waals surface area contributed by atoms with E-state index in [2.05, 4.69) is 16.0 Å². The Hall–Kier alpha value is -3.26. The molecule has 10 N–H and O–H groups in total. The molecule has 31 heavy (non-hydrogen) atoms. The van der Waals surface area contributed by atoms with Crippen LogP contribution in [-0.4, -0.2) is 83.5 Å². The van der Waals surface area contributed by atoms with Crippen LogP contribution in [0.1, 0.15) is 32.6 Å². The Kier molecular flexibility index (Phi) is 13.1. The quantitative estimate of drug-likeness (QED) is 0.113. The smallest absolute Gasteiger partial charge is 0.305 e. The maximum Gasteiger partial charge on any atom is 0.305 e. The van der Waals surface area contributed by atoms with Crippen LogP contribution in [0.3, 0.4) is 0 Å². The summed E-state index contributed by atoms with van der Waals surface area (Å²) < 4.78 is 0. The summed E-state index contributed by atoms with van der Waals surface area (Å²) in [4.78, 5) is 69.8. The second kappa shape index (κ2) is 14.7. The minimum Gasteiger partial charge on any atom is -0.481 e. The molecule has 176 valence electrons. The molecule has 3 atom stereocenters. The molecule has 0 saturated carbocycles. The van der Waals surface area contributed by atoms with E-state index in [1.807, 2.05) is 5.32 Å². The lowest BCUT2D eigenvalue weighted by Gasteiger charge is -2.20. The minimum absolute atomic E-state index is 0.296. The standard InChI is InChI=1S/C17H30N6O8/c1-9(25)21-10(4-2-3-5-18)16(30)20-7-13(26)22-11(6-14(27)28)17(31)23-12(8-24)15(19)29/h10-12,24H,2-8,18H2,1H3,(H2,19,29)(H,20,30)(H,21,25)(H,22,26)(H,23,31)(H,27,28)/t10-,11-,12-/m0/s1. The van der Waals surface area contributed by atoms with Crippen LogP contribution in [0.4, 0.5) is 0 Å². The lowest BCUT2D eigenvalue weighted by atomic mass is 10.1. The summed E-state index contributed by atoms with van der Waals surface area (Å²) in [7, 11) is 0. The molecule has 0 aliphatic rings. The predicted octanol–water partition coefficient (Wildman–Crippen LogP) is -4.34. The number of nitrogens with two attached hydrogens (primary N) is 2. The van der Waals surface area contributed by atoms with Gasteiger partial charge in [-0.1, -0.05) is 0 Å². The van der Waals surface area contributed by atoms with E-state index in [0.717, 1.165) is 0 Å². The molecule has 0 spiro atoms. The fourth-order valence-electron chi connectivity index (χ4n) is 2.41. The number of hydrogen-bond donors (Lipinski definition) is 8. The molecular formula is C17H30N6O8. The zero-order valence-corrected chi connectivity index (χ0v) is 17.2. The fraction of sp³-hybridized carbons (Fsp3) is 0.647. The molecule has 0 saturated heterocycles. The summed E-state index contributed by atoms with van der Waals surface area (Å²) in [6, 6.07) is -3.95. The minimum atomic E-state index is -1.59. The van der Waals surface area contributed by atoms with Gasteiger partial charge in [-0.25, -0.2) is 0 Å². The van der Waals surface area contributed by atoms with E-state index in [1.165, 1.54) is 6.92 Å². The number of carboxylic acid groups (broad SMARTS) is 1. The van der Waals surface area contributed by atoms with Crippen LogP contribution in [0, 0.1) is 0 Å². The Balaban J connectivity index is 4.93. The Morgan fingerprint density at radius 2 is 1.55 bits per heavy atom. The monoisotopic (exact) mass is 446 g/mol. The zero-order valence-electron chi connectivity index (χ0n) is 17.2. The summed E-state index contributed by atoms with van der Waals surface area (Å²) in [6.07, 6.45) is 0.670. The first kappa shape index (κ1) is 27.7. The van der Waals surface area contributed by atoms with Gasteiger partial charge in [-0.05, 0) is 25.8 Å². The molecule has 0 radical (unpaired) electrons. The highest BCUT2D eigenvalue weighted by molar-refractivity contribution is 5.95. The van der Waals surface area contributed by atoms with Crippen LogP contribution >= 0.6 is 0 Å². The number of nitrogens with one attached hydrogen (secondary N) is 4. The van der Waals surface area contributed by atoms with Gasteiger partial charge in [-0.2, -0.15) is 0 Å². The van der Waals surface area contributed by atoms with Crippen LogP contribution in [-0.2, 0) is 28.8 Å². The number of unbranched alkanes of at least 4 members (excludes halogenated alkanes) is 1. The average molecular weight is 446 g/mol. The lowest BCUT2D eigenvalue weighted by molar-refractivity contribution is -0.141. The number of aliphatic hydroxyl groups is 1. The molecule has 0 aromatic rings. The fourth-order valence-corrected chi connectivity index (χ4v) is 2.41. The van der Waals surface area contributed by atoms with Crippen LogP contribution in [0.5, 0.6) is 0 Å². The molecule has 0 rings (SSSR count). The molecule has 0 aromatic carbocycles. The second-order valence-corrected chi connectivity index (χ2v) is 6.62. The van der Waals surface area contributed by atoms with Gasteiger partial charge in [-0.15, -0.1) is 0 Å². The number of aliphatic carboxylic acids is 1. The Morgan fingerprint density at radius 1 is 0.903 bits per heavy atom. The second-order valence-electron chi connectivity index (χ2n) is 6.62. The Bertz CT molecular complexity index is 671. The molecule has 14 heteroatoms. The van der Waals surface area contributed by atoms with Crippen molar-refractivity contribution < 1.29 is 39.0 Å². The largest absolute Gasteiger partial charge is 0.481 e. The van der Waals surface area contributed by atoms with Gasteiger partial charge in [0.25, 0.3) is 0 Å². The van der Waals surface area contributed by atoms with E-state index in [9.17, 15) is 28.8 Å². The third-order valence-electron chi connectivity index (χ3n) is 3.94. The van der Waals surface area contributed by atoms with Gasteiger partial charge in [0.1, 0.15) is 18.1 Å². The third kappa shape index (κ3) is 12.1. The zero-order chi connectivity index (χ0) is 24.0. The Morgan fingerprint density at radius 3 is 2.03 bits per heavy atom. The maximum absolute atomic E-state index is 12.2. The first-order valence-electron chi connectivity index (χ1n) is 9.48. The van der Waals surface area contributed by atoms with Crippen molar-refractivity contribution in [3.8, 4) is 0 Å². The number of carbonyl (C=O) groups is 6. The summed E-state index contributed by atoms with van der Waals surface area (Å²) in [5.41, 5.74) is 10.4. The first-order chi connectivity index (χ1) is 14.5. The van der Waals surface area contributed by atoms with E-state index >= 15 is 0 Å². The van der Waals surface area contributed by atoms with Crippen LogP contribution in [0.2, 0.25) is 0 Å². The van der Waals surface area contributed by atoms with Crippen molar-refractivity contribution in [2.75, 3.05) is 19.7 Å². The van der Waals surface area contributed by atoms with Gasteiger partial charge in [0.05, 0.1) is 19.6 Å². The van der Waals surface area contributed by atoms with Gasteiger partial charge in [0, 0.05) is 6.92 Å². The first-order valence-corrected chi connectivity index (χ1v) is 9.48. The van der Waals surface area contributed by atoms with Crippen molar-refractivity contribution in [3.63, 3.8) is 0 Å². The molecule has 14 nitrogen and oxygen atoms in total. The van der Waals surface area contributed by atoms with Gasteiger partial charge in [0.2, 0.25) is 29.5 Å². The molecular weight excluding hydrogens is 416 g/mol. The highest BCUT2D eigenvalue weighted by Crippen LogP contribution is 2.01. The molecule has 0 aliphatic carbocycles. The average Bonchev–Trinajstić information content (AvgIpc) is 2.67. The summed E-state index contributed by atoms with van der Waals surface area (Å²) in [6.45, 7) is 0.224. The van der Waals surface area contributed by atoms with Gasteiger partial charge in [-0.3, -0.25) is 28.8 Å². The molecule has 0 fully saturated rings. The van der Waals surface area contributed by atoms with Gasteiger partial charge < -0.3 is 42.9 Å². The van der Waals surface area contributed by atoms with Gasteiger partial charge >= 0.3 is 5.97 Å².